The van der Waals surface area contributed by atoms with Gasteiger partial charge in [-0.3, -0.25) is 4.79 Å². The Bertz CT molecular complexity index is 945. The van der Waals surface area contributed by atoms with Crippen LogP contribution in [0.15, 0.2) is 52.1 Å². The molecule has 140 valence electrons. The second kappa shape index (κ2) is 8.92. The van der Waals surface area contributed by atoms with Crippen LogP contribution in [0.1, 0.15) is 17.0 Å². The van der Waals surface area contributed by atoms with Crippen LogP contribution in [-0.2, 0) is 11.4 Å². The molecule has 27 heavy (non-hydrogen) atoms. The van der Waals surface area contributed by atoms with Crippen molar-refractivity contribution in [2.24, 2.45) is 0 Å². The van der Waals surface area contributed by atoms with Crippen LogP contribution < -0.4 is 10.1 Å². The summed E-state index contributed by atoms with van der Waals surface area (Å²) >= 11 is 7.17. The summed E-state index contributed by atoms with van der Waals surface area (Å²) < 4.78 is 11.2. The third kappa shape index (κ3) is 5.24. The van der Waals surface area contributed by atoms with Crippen molar-refractivity contribution in [3.05, 3.63) is 64.5 Å². The van der Waals surface area contributed by atoms with E-state index in [0.29, 0.717) is 21.8 Å². The fraction of sp³-hybridized carbons (Fsp3) is 0.211. The highest BCUT2D eigenvalue weighted by atomic mass is 35.5. The summed E-state index contributed by atoms with van der Waals surface area (Å²) in [5.74, 6) is 1.05. The van der Waals surface area contributed by atoms with Gasteiger partial charge in [-0.15, -0.1) is 10.2 Å². The summed E-state index contributed by atoms with van der Waals surface area (Å²) in [6, 6.07) is 12.9. The van der Waals surface area contributed by atoms with Crippen LogP contribution in [0.5, 0.6) is 5.75 Å². The summed E-state index contributed by atoms with van der Waals surface area (Å²) in [6.45, 7) is 4.19. The first kappa shape index (κ1) is 19.3. The van der Waals surface area contributed by atoms with Gasteiger partial charge in [0.15, 0.2) is 6.61 Å². The summed E-state index contributed by atoms with van der Waals surface area (Å²) in [4.78, 5) is 12.0. The second-order valence-electron chi connectivity index (χ2n) is 5.77. The number of halogens is 1. The first-order valence-corrected chi connectivity index (χ1v) is 9.58. The number of amides is 1. The Morgan fingerprint density at radius 3 is 2.81 bits per heavy atom. The van der Waals surface area contributed by atoms with Gasteiger partial charge in [0.1, 0.15) is 5.75 Å². The molecule has 3 rings (SSSR count). The van der Waals surface area contributed by atoms with E-state index >= 15 is 0 Å². The van der Waals surface area contributed by atoms with E-state index in [2.05, 4.69) is 15.5 Å². The molecular weight excluding hydrogens is 386 g/mol. The van der Waals surface area contributed by atoms with Crippen molar-refractivity contribution in [2.75, 3.05) is 11.1 Å². The predicted molar refractivity (Wildman–Crippen MR) is 105 cm³/mol. The van der Waals surface area contributed by atoms with Crippen LogP contribution in [0.25, 0.3) is 0 Å². The van der Waals surface area contributed by atoms with Crippen molar-refractivity contribution in [2.45, 2.75) is 25.7 Å². The molecule has 0 fully saturated rings. The summed E-state index contributed by atoms with van der Waals surface area (Å²) in [5, 5.41) is 11.4. The summed E-state index contributed by atoms with van der Waals surface area (Å²) in [6.07, 6.45) is 0. The lowest BCUT2D eigenvalue weighted by Gasteiger charge is -2.08. The van der Waals surface area contributed by atoms with Gasteiger partial charge in [-0.2, -0.15) is 0 Å². The Kier molecular flexibility index (Phi) is 6.36. The predicted octanol–water partition coefficient (Wildman–Crippen LogP) is 4.65. The SMILES string of the molecule is Cc1cccc(OCc2nnc(SCC(=O)Nc3ccccc3Cl)o2)c1C. The monoisotopic (exact) mass is 403 g/mol. The van der Waals surface area contributed by atoms with Crippen molar-refractivity contribution >= 4 is 35.0 Å². The molecule has 1 N–H and O–H groups in total. The lowest BCUT2D eigenvalue weighted by atomic mass is 10.1. The number of nitrogens with zero attached hydrogens (tertiary/aromatic N) is 2. The number of ether oxygens (including phenoxy) is 1. The number of benzene rings is 2. The van der Waals surface area contributed by atoms with Crippen molar-refractivity contribution in [1.29, 1.82) is 0 Å². The van der Waals surface area contributed by atoms with Crippen molar-refractivity contribution < 1.29 is 13.9 Å². The molecule has 0 bridgehead atoms. The molecule has 0 saturated carbocycles. The molecule has 1 heterocycles. The molecule has 1 aromatic heterocycles. The Balaban J connectivity index is 1.50. The molecule has 2 aromatic carbocycles. The molecule has 0 aliphatic rings. The number of carbonyl (C=O) groups excluding carboxylic acids is 1. The number of anilines is 1. The number of hydrogen-bond acceptors (Lipinski definition) is 6. The second-order valence-corrected chi connectivity index (χ2v) is 7.10. The lowest BCUT2D eigenvalue weighted by Crippen LogP contribution is -2.14. The van der Waals surface area contributed by atoms with Gasteiger partial charge in [-0.05, 0) is 43.2 Å². The van der Waals surface area contributed by atoms with Crippen molar-refractivity contribution in [1.82, 2.24) is 10.2 Å². The molecule has 0 aliphatic heterocycles. The molecule has 1 amide bonds. The zero-order chi connectivity index (χ0) is 19.2. The Labute approximate surface area is 166 Å². The molecule has 0 atom stereocenters. The summed E-state index contributed by atoms with van der Waals surface area (Å²) in [7, 11) is 0. The topological polar surface area (TPSA) is 77.2 Å². The minimum atomic E-state index is -0.209. The maximum Gasteiger partial charge on any atom is 0.277 e. The van der Waals surface area contributed by atoms with Gasteiger partial charge >= 0.3 is 0 Å². The minimum absolute atomic E-state index is 0.130. The number of para-hydroxylation sites is 1. The molecule has 6 nitrogen and oxygen atoms in total. The van der Waals surface area contributed by atoms with Crippen LogP contribution in [-0.4, -0.2) is 21.9 Å². The van der Waals surface area contributed by atoms with Gasteiger partial charge in [0.05, 0.1) is 16.5 Å². The van der Waals surface area contributed by atoms with E-state index in [9.17, 15) is 4.79 Å². The zero-order valence-electron chi connectivity index (χ0n) is 14.9. The smallest absolute Gasteiger partial charge is 0.277 e. The molecule has 3 aromatic rings. The highest BCUT2D eigenvalue weighted by Gasteiger charge is 2.12. The average Bonchev–Trinajstić information content (AvgIpc) is 3.11. The van der Waals surface area contributed by atoms with Gasteiger partial charge in [0.25, 0.3) is 11.1 Å². The van der Waals surface area contributed by atoms with Gasteiger partial charge in [0, 0.05) is 0 Å². The van der Waals surface area contributed by atoms with Gasteiger partial charge < -0.3 is 14.5 Å². The number of rotatable bonds is 7. The maximum absolute atomic E-state index is 12.0. The number of nitrogens with one attached hydrogen (secondary N) is 1. The lowest BCUT2D eigenvalue weighted by molar-refractivity contribution is -0.113. The van der Waals surface area contributed by atoms with E-state index in [1.54, 1.807) is 24.3 Å². The molecular formula is C19H18ClN3O3S. The van der Waals surface area contributed by atoms with E-state index in [1.165, 1.54) is 0 Å². The molecule has 0 aliphatic carbocycles. The van der Waals surface area contributed by atoms with E-state index in [-0.39, 0.29) is 18.3 Å². The van der Waals surface area contributed by atoms with E-state index in [0.717, 1.165) is 28.6 Å². The van der Waals surface area contributed by atoms with Gasteiger partial charge in [0.2, 0.25) is 5.91 Å². The summed E-state index contributed by atoms with van der Waals surface area (Å²) in [5.41, 5.74) is 2.79. The van der Waals surface area contributed by atoms with Crippen LogP contribution >= 0.6 is 23.4 Å². The zero-order valence-corrected chi connectivity index (χ0v) is 16.4. The van der Waals surface area contributed by atoms with Crippen LogP contribution in [0.2, 0.25) is 5.02 Å². The highest BCUT2D eigenvalue weighted by molar-refractivity contribution is 7.99. The molecule has 8 heteroatoms. The average molecular weight is 404 g/mol. The van der Waals surface area contributed by atoms with Crippen molar-refractivity contribution in [3.63, 3.8) is 0 Å². The molecule has 0 saturated heterocycles. The maximum atomic E-state index is 12.0. The first-order valence-electron chi connectivity index (χ1n) is 8.21. The van der Waals surface area contributed by atoms with E-state index in [1.807, 2.05) is 32.0 Å². The Hall–Kier alpha value is -2.51. The molecule has 0 spiro atoms. The number of thioether (sulfide) groups is 1. The number of carbonyl (C=O) groups is 1. The fourth-order valence-corrected chi connectivity index (χ4v) is 3.01. The first-order chi connectivity index (χ1) is 13.0. The third-order valence-electron chi connectivity index (χ3n) is 3.83. The Morgan fingerprint density at radius 1 is 1.19 bits per heavy atom. The van der Waals surface area contributed by atoms with E-state index in [4.69, 9.17) is 20.8 Å². The third-order valence-corrected chi connectivity index (χ3v) is 4.98. The fourth-order valence-electron chi connectivity index (χ4n) is 2.25. The number of aryl methyl sites for hydroxylation is 1. The normalized spacial score (nSPS) is 10.6. The van der Waals surface area contributed by atoms with Crippen molar-refractivity contribution in [3.8, 4) is 5.75 Å². The Morgan fingerprint density at radius 2 is 2.00 bits per heavy atom. The standard InChI is InChI=1S/C19H18ClN3O3S/c1-12-6-5-9-16(13(12)2)25-10-18-22-23-19(26-18)27-11-17(24)21-15-8-4-3-7-14(15)20/h3-9H,10-11H2,1-2H3,(H,21,24). The van der Waals surface area contributed by atoms with Gasteiger partial charge in [-0.25, -0.2) is 0 Å². The van der Waals surface area contributed by atoms with Crippen LogP contribution in [0, 0.1) is 13.8 Å². The molecule has 0 radical (unpaired) electrons. The molecule has 0 unspecified atom stereocenters. The number of hydrogen-bond donors (Lipinski definition) is 1. The number of aromatic nitrogens is 2. The van der Waals surface area contributed by atoms with Crippen LogP contribution in [0.3, 0.4) is 0 Å². The van der Waals surface area contributed by atoms with Crippen LogP contribution in [0.4, 0.5) is 5.69 Å². The van der Waals surface area contributed by atoms with E-state index < -0.39 is 0 Å². The van der Waals surface area contributed by atoms with Gasteiger partial charge in [-0.1, -0.05) is 47.6 Å². The highest BCUT2D eigenvalue weighted by Crippen LogP contribution is 2.23. The quantitative estimate of drug-likeness (QED) is 0.578. The largest absolute Gasteiger partial charge is 0.484 e. The minimum Gasteiger partial charge on any atom is -0.484 e.